The molecular weight excluding hydrogens is 291 g/mol. The minimum atomic E-state index is -0.436. The molecule has 3 nitrogen and oxygen atoms in total. The Morgan fingerprint density at radius 3 is 2.75 bits per heavy atom. The number of carbonyl (C=O) groups is 1. The van der Waals surface area contributed by atoms with Crippen molar-refractivity contribution in [2.24, 2.45) is 5.73 Å². The first-order chi connectivity index (χ1) is 7.29. The number of benzene rings is 1. The molecule has 3 N–H and O–H groups in total. The first kappa shape index (κ1) is 13.5. The predicted molar refractivity (Wildman–Crippen MR) is 69.8 cm³/mol. The van der Waals surface area contributed by atoms with E-state index in [1.54, 1.807) is 18.2 Å². The van der Waals surface area contributed by atoms with Gasteiger partial charge in [-0.05, 0) is 32.0 Å². The average molecular weight is 306 g/mol. The Morgan fingerprint density at radius 2 is 2.19 bits per heavy atom. The van der Waals surface area contributed by atoms with E-state index in [2.05, 4.69) is 21.2 Å². The van der Waals surface area contributed by atoms with Crippen LogP contribution >= 0.6 is 27.5 Å². The second kappa shape index (κ2) is 5.17. The molecule has 0 saturated carbocycles. The molecule has 0 spiro atoms. The fraction of sp³-hybridized carbons (Fsp3) is 0.364. The maximum Gasteiger partial charge on any atom is 0.252 e. The molecule has 1 amide bonds. The zero-order valence-electron chi connectivity index (χ0n) is 9.18. The molecular formula is C11H14BrClN2O. The van der Waals surface area contributed by atoms with Crippen molar-refractivity contribution in [3.05, 3.63) is 33.3 Å². The third-order valence-corrected chi connectivity index (χ3v) is 2.70. The fourth-order valence-corrected chi connectivity index (χ4v) is 1.64. The first-order valence-corrected chi connectivity index (χ1v) is 5.99. The van der Waals surface area contributed by atoms with E-state index in [0.717, 1.165) is 4.47 Å². The highest BCUT2D eigenvalue weighted by molar-refractivity contribution is 9.10. The van der Waals surface area contributed by atoms with Crippen molar-refractivity contribution < 1.29 is 4.79 Å². The van der Waals surface area contributed by atoms with Gasteiger partial charge in [0.2, 0.25) is 0 Å². The van der Waals surface area contributed by atoms with Crippen LogP contribution in [-0.2, 0) is 0 Å². The van der Waals surface area contributed by atoms with Crippen LogP contribution in [-0.4, -0.2) is 18.0 Å². The van der Waals surface area contributed by atoms with Gasteiger partial charge >= 0.3 is 0 Å². The molecule has 0 bridgehead atoms. The molecule has 0 heterocycles. The van der Waals surface area contributed by atoms with Gasteiger partial charge in [0.1, 0.15) is 0 Å². The van der Waals surface area contributed by atoms with Crippen LogP contribution in [0.2, 0.25) is 5.02 Å². The van der Waals surface area contributed by atoms with Gasteiger partial charge in [0, 0.05) is 16.6 Å². The molecule has 0 fully saturated rings. The lowest BCUT2D eigenvalue weighted by atomic mass is 10.1. The van der Waals surface area contributed by atoms with Crippen molar-refractivity contribution in [2.75, 3.05) is 6.54 Å². The Kier molecular flexibility index (Phi) is 4.35. The summed E-state index contributed by atoms with van der Waals surface area (Å²) in [5.74, 6) is -0.218. The van der Waals surface area contributed by atoms with Gasteiger partial charge < -0.3 is 11.1 Å². The van der Waals surface area contributed by atoms with Gasteiger partial charge in [-0.1, -0.05) is 27.5 Å². The SMILES string of the molecule is CC(C)(N)CNC(=O)c1cc(Br)ccc1Cl. The number of hydrogen-bond donors (Lipinski definition) is 2. The van der Waals surface area contributed by atoms with Gasteiger partial charge in [-0.25, -0.2) is 0 Å². The number of carbonyl (C=O) groups excluding carboxylic acids is 1. The van der Waals surface area contributed by atoms with E-state index in [1.165, 1.54) is 0 Å². The largest absolute Gasteiger partial charge is 0.350 e. The van der Waals surface area contributed by atoms with Gasteiger partial charge in [-0.3, -0.25) is 4.79 Å². The van der Waals surface area contributed by atoms with Gasteiger partial charge in [-0.2, -0.15) is 0 Å². The van der Waals surface area contributed by atoms with Crippen LogP contribution in [0.1, 0.15) is 24.2 Å². The van der Waals surface area contributed by atoms with Gasteiger partial charge in [-0.15, -0.1) is 0 Å². The lowest BCUT2D eigenvalue weighted by Crippen LogP contribution is -2.45. The van der Waals surface area contributed by atoms with Gasteiger partial charge in [0.25, 0.3) is 5.91 Å². The summed E-state index contributed by atoms with van der Waals surface area (Å²) in [5.41, 5.74) is 5.78. The van der Waals surface area contributed by atoms with E-state index >= 15 is 0 Å². The van der Waals surface area contributed by atoms with Crippen molar-refractivity contribution in [1.29, 1.82) is 0 Å². The maximum absolute atomic E-state index is 11.8. The Morgan fingerprint density at radius 1 is 1.56 bits per heavy atom. The van der Waals surface area contributed by atoms with Crippen LogP contribution in [0.15, 0.2) is 22.7 Å². The highest BCUT2D eigenvalue weighted by Gasteiger charge is 2.15. The normalized spacial score (nSPS) is 11.3. The van der Waals surface area contributed by atoms with Crippen LogP contribution in [0.5, 0.6) is 0 Å². The molecule has 0 unspecified atom stereocenters. The van der Waals surface area contributed by atoms with E-state index < -0.39 is 5.54 Å². The van der Waals surface area contributed by atoms with E-state index in [4.69, 9.17) is 17.3 Å². The molecule has 0 aliphatic rings. The Hall–Kier alpha value is -0.580. The second-order valence-electron chi connectivity index (χ2n) is 4.30. The maximum atomic E-state index is 11.8. The molecule has 88 valence electrons. The summed E-state index contributed by atoms with van der Waals surface area (Å²) in [6, 6.07) is 5.14. The highest BCUT2D eigenvalue weighted by Crippen LogP contribution is 2.20. The summed E-state index contributed by atoms with van der Waals surface area (Å²) < 4.78 is 0.814. The molecule has 0 aliphatic carbocycles. The first-order valence-electron chi connectivity index (χ1n) is 4.82. The molecule has 1 aromatic rings. The molecule has 0 saturated heterocycles. The van der Waals surface area contributed by atoms with Crippen molar-refractivity contribution in [1.82, 2.24) is 5.32 Å². The highest BCUT2D eigenvalue weighted by atomic mass is 79.9. The third kappa shape index (κ3) is 4.12. The molecule has 0 aromatic heterocycles. The number of halogens is 2. The third-order valence-electron chi connectivity index (χ3n) is 1.88. The summed E-state index contributed by atoms with van der Waals surface area (Å²) in [6.07, 6.45) is 0. The van der Waals surface area contributed by atoms with Crippen LogP contribution in [0.3, 0.4) is 0 Å². The number of nitrogens with one attached hydrogen (secondary N) is 1. The monoisotopic (exact) mass is 304 g/mol. The fourth-order valence-electron chi connectivity index (χ4n) is 1.07. The number of rotatable bonds is 3. The Balaban J connectivity index is 2.77. The van der Waals surface area contributed by atoms with Crippen LogP contribution in [0.4, 0.5) is 0 Å². The summed E-state index contributed by atoms with van der Waals surface area (Å²) in [4.78, 5) is 11.8. The van der Waals surface area contributed by atoms with E-state index in [0.29, 0.717) is 17.1 Å². The van der Waals surface area contributed by atoms with Crippen molar-refractivity contribution in [2.45, 2.75) is 19.4 Å². The zero-order chi connectivity index (χ0) is 12.3. The molecule has 16 heavy (non-hydrogen) atoms. The number of hydrogen-bond acceptors (Lipinski definition) is 2. The van der Waals surface area contributed by atoms with Crippen LogP contribution in [0.25, 0.3) is 0 Å². The predicted octanol–water partition coefficient (Wildman–Crippen LogP) is 2.57. The second-order valence-corrected chi connectivity index (χ2v) is 5.62. The Bertz CT molecular complexity index is 401. The topological polar surface area (TPSA) is 55.1 Å². The lowest BCUT2D eigenvalue weighted by molar-refractivity contribution is 0.0946. The molecule has 0 atom stereocenters. The minimum absolute atomic E-state index is 0.218. The smallest absolute Gasteiger partial charge is 0.252 e. The summed E-state index contributed by atoms with van der Waals surface area (Å²) in [7, 11) is 0. The summed E-state index contributed by atoms with van der Waals surface area (Å²) >= 11 is 9.22. The number of nitrogens with two attached hydrogens (primary N) is 1. The van der Waals surface area contributed by atoms with E-state index in [9.17, 15) is 4.79 Å². The van der Waals surface area contributed by atoms with Crippen molar-refractivity contribution in [3.8, 4) is 0 Å². The lowest BCUT2D eigenvalue weighted by Gasteiger charge is -2.19. The number of amides is 1. The standard InChI is InChI=1S/C11H14BrClN2O/c1-11(2,14)6-15-10(16)8-5-7(12)3-4-9(8)13/h3-5H,6,14H2,1-2H3,(H,15,16). The molecule has 1 rings (SSSR count). The van der Waals surface area contributed by atoms with E-state index in [1.807, 2.05) is 13.8 Å². The molecule has 0 radical (unpaired) electrons. The zero-order valence-corrected chi connectivity index (χ0v) is 11.5. The van der Waals surface area contributed by atoms with Crippen LogP contribution < -0.4 is 11.1 Å². The van der Waals surface area contributed by atoms with Crippen molar-refractivity contribution >= 4 is 33.4 Å². The molecule has 5 heteroatoms. The molecule has 0 aliphatic heterocycles. The summed E-state index contributed by atoms with van der Waals surface area (Å²) in [6.45, 7) is 4.08. The summed E-state index contributed by atoms with van der Waals surface area (Å²) in [5, 5.41) is 3.16. The van der Waals surface area contributed by atoms with Crippen LogP contribution in [0, 0.1) is 0 Å². The van der Waals surface area contributed by atoms with Crippen molar-refractivity contribution in [3.63, 3.8) is 0 Å². The molecule has 1 aromatic carbocycles. The Labute approximate surface area is 108 Å². The van der Waals surface area contributed by atoms with E-state index in [-0.39, 0.29) is 5.91 Å². The average Bonchev–Trinajstić information content (AvgIpc) is 2.17. The minimum Gasteiger partial charge on any atom is -0.350 e. The quantitative estimate of drug-likeness (QED) is 0.902. The van der Waals surface area contributed by atoms with Gasteiger partial charge in [0.15, 0.2) is 0 Å². The van der Waals surface area contributed by atoms with Gasteiger partial charge in [0.05, 0.1) is 10.6 Å².